The molecule has 2 aromatic heterocycles. The number of benzene rings is 2. The van der Waals surface area contributed by atoms with Crippen LogP contribution >= 0.6 is 12.2 Å². The maximum atomic E-state index is 13.7. The van der Waals surface area contributed by atoms with Crippen molar-refractivity contribution in [1.29, 1.82) is 0 Å². The second-order valence-electron chi connectivity index (χ2n) is 8.68. The van der Waals surface area contributed by atoms with E-state index >= 15 is 0 Å². The van der Waals surface area contributed by atoms with Crippen LogP contribution in [-0.2, 0) is 4.74 Å². The van der Waals surface area contributed by atoms with Gasteiger partial charge in [-0.2, -0.15) is 0 Å². The maximum Gasteiger partial charge on any atom is 0.337 e. The lowest BCUT2D eigenvalue weighted by Crippen LogP contribution is -2.29. The number of thiocarbonyl (C=S) groups is 1. The molecule has 0 unspecified atom stereocenters. The highest BCUT2D eigenvalue weighted by molar-refractivity contribution is 7.80. The van der Waals surface area contributed by atoms with Crippen molar-refractivity contribution in [2.24, 2.45) is 0 Å². The Labute approximate surface area is 214 Å². The smallest absolute Gasteiger partial charge is 0.337 e. The molecule has 5 rings (SSSR count). The molecule has 0 spiro atoms. The first kappa shape index (κ1) is 23.7. The van der Waals surface area contributed by atoms with E-state index in [9.17, 15) is 9.18 Å². The monoisotopic (exact) mass is 500 g/mol. The lowest BCUT2D eigenvalue weighted by Gasteiger charge is -2.28. The van der Waals surface area contributed by atoms with Crippen LogP contribution in [0.5, 0.6) is 0 Å². The van der Waals surface area contributed by atoms with Crippen LogP contribution in [0.2, 0.25) is 0 Å². The molecule has 2 aromatic carbocycles. The van der Waals surface area contributed by atoms with E-state index in [0.29, 0.717) is 10.7 Å². The molecule has 1 saturated heterocycles. The van der Waals surface area contributed by atoms with Gasteiger partial charge in [0.05, 0.1) is 30.5 Å². The van der Waals surface area contributed by atoms with Crippen molar-refractivity contribution in [2.75, 3.05) is 12.0 Å². The number of pyridine rings is 1. The van der Waals surface area contributed by atoms with Gasteiger partial charge in [-0.1, -0.05) is 12.1 Å². The van der Waals surface area contributed by atoms with Crippen molar-refractivity contribution in [3.05, 3.63) is 113 Å². The Bertz CT molecular complexity index is 1440. The predicted octanol–water partition coefficient (Wildman–Crippen LogP) is 5.59. The Morgan fingerprint density at radius 3 is 2.50 bits per heavy atom. The highest BCUT2D eigenvalue weighted by Gasteiger charge is 2.42. The summed E-state index contributed by atoms with van der Waals surface area (Å²) in [5, 5.41) is 3.98. The number of esters is 1. The van der Waals surface area contributed by atoms with Crippen molar-refractivity contribution >= 4 is 29.0 Å². The molecule has 0 amide bonds. The number of hydrogen-bond donors (Lipinski definition) is 1. The number of aromatic nitrogens is 2. The molecule has 1 aliphatic heterocycles. The highest BCUT2D eigenvalue weighted by Crippen LogP contribution is 2.43. The fourth-order valence-electron chi connectivity index (χ4n) is 4.92. The number of anilines is 1. The third kappa shape index (κ3) is 4.13. The van der Waals surface area contributed by atoms with Crippen LogP contribution in [0.25, 0.3) is 5.69 Å². The minimum absolute atomic E-state index is 0.223. The normalized spacial score (nSPS) is 17.2. The quantitative estimate of drug-likeness (QED) is 0.285. The molecule has 3 heterocycles. The Balaban J connectivity index is 1.66. The van der Waals surface area contributed by atoms with Crippen molar-refractivity contribution in [1.82, 2.24) is 14.9 Å². The van der Waals surface area contributed by atoms with Crippen molar-refractivity contribution in [2.45, 2.75) is 25.9 Å². The number of methoxy groups -OCH3 is 1. The van der Waals surface area contributed by atoms with Crippen molar-refractivity contribution in [3.8, 4) is 5.69 Å². The van der Waals surface area contributed by atoms with E-state index in [1.54, 1.807) is 24.4 Å². The SMILES string of the molecule is COC(=O)c1cccc(-n2c(C)cc([C@H]3[C@H](c4ccccn4)NC(=S)N3c3ccc(F)cc3)c2C)c1. The lowest BCUT2D eigenvalue weighted by molar-refractivity contribution is 0.0600. The fraction of sp³-hybridized carbons (Fsp3) is 0.179. The van der Waals surface area contributed by atoms with E-state index in [-0.39, 0.29) is 23.9 Å². The number of aryl methyl sites for hydroxylation is 1. The summed E-state index contributed by atoms with van der Waals surface area (Å²) in [7, 11) is 1.37. The molecule has 6 nitrogen and oxygen atoms in total. The number of rotatable bonds is 5. The van der Waals surface area contributed by atoms with Gasteiger partial charge in [-0.05, 0) is 92.3 Å². The minimum atomic E-state index is -0.387. The first-order valence-corrected chi connectivity index (χ1v) is 11.9. The molecule has 1 aliphatic rings. The standard InChI is InChI=1S/C28H25FN4O2S/c1-17-15-23(18(2)32(17)22-8-6-7-19(16-22)27(34)35-3)26-25(24-9-4-5-14-30-24)31-28(36)33(26)21-12-10-20(29)11-13-21/h4-16,25-26H,1-3H3,(H,31,36)/t25-,26-/m0/s1. The predicted molar refractivity (Wildman–Crippen MR) is 141 cm³/mol. The van der Waals surface area contributed by atoms with E-state index in [4.69, 9.17) is 17.0 Å². The van der Waals surface area contributed by atoms with Crippen LogP contribution in [0.15, 0.2) is 79.0 Å². The number of nitrogens with zero attached hydrogens (tertiary/aromatic N) is 3. The van der Waals surface area contributed by atoms with Gasteiger partial charge < -0.3 is 19.5 Å². The topological polar surface area (TPSA) is 59.4 Å². The van der Waals surface area contributed by atoms with Crippen LogP contribution in [-0.4, -0.2) is 27.7 Å². The van der Waals surface area contributed by atoms with Crippen LogP contribution < -0.4 is 10.2 Å². The Hall–Kier alpha value is -4.04. The molecule has 4 aromatic rings. The molecular formula is C28H25FN4O2S. The first-order chi connectivity index (χ1) is 17.4. The van der Waals surface area contributed by atoms with Gasteiger partial charge >= 0.3 is 5.97 Å². The number of carbonyl (C=O) groups excluding carboxylic acids is 1. The molecule has 1 fully saturated rings. The van der Waals surface area contributed by atoms with Gasteiger partial charge in [0.25, 0.3) is 0 Å². The lowest BCUT2D eigenvalue weighted by atomic mass is 9.96. The van der Waals surface area contributed by atoms with Gasteiger partial charge in [-0.15, -0.1) is 0 Å². The van der Waals surface area contributed by atoms with E-state index in [0.717, 1.165) is 34.0 Å². The second kappa shape index (κ2) is 9.54. The molecular weight excluding hydrogens is 475 g/mol. The average Bonchev–Trinajstić information content (AvgIpc) is 3.39. The Morgan fingerprint density at radius 2 is 1.81 bits per heavy atom. The summed E-state index contributed by atoms with van der Waals surface area (Å²) in [5.41, 5.74) is 6.02. The van der Waals surface area contributed by atoms with Gasteiger partial charge in [-0.25, -0.2) is 9.18 Å². The molecule has 0 radical (unpaired) electrons. The summed E-state index contributed by atoms with van der Waals surface area (Å²) in [6.07, 6.45) is 1.76. The maximum absolute atomic E-state index is 13.7. The van der Waals surface area contributed by atoms with Gasteiger partial charge in [-0.3, -0.25) is 4.98 Å². The number of hydrogen-bond acceptors (Lipinski definition) is 4. The summed E-state index contributed by atoms with van der Waals surface area (Å²) in [4.78, 5) is 18.8. The largest absolute Gasteiger partial charge is 0.465 e. The molecule has 2 atom stereocenters. The Morgan fingerprint density at radius 1 is 1.03 bits per heavy atom. The third-order valence-corrected chi connectivity index (χ3v) is 6.83. The molecule has 0 bridgehead atoms. The summed E-state index contributed by atoms with van der Waals surface area (Å²) < 4.78 is 20.8. The van der Waals surface area contributed by atoms with Crippen LogP contribution in [0.4, 0.5) is 10.1 Å². The van der Waals surface area contributed by atoms with E-state index in [1.807, 2.05) is 55.1 Å². The average molecular weight is 501 g/mol. The van der Waals surface area contributed by atoms with Gasteiger partial charge in [0.1, 0.15) is 5.82 Å². The van der Waals surface area contributed by atoms with Gasteiger partial charge in [0.2, 0.25) is 0 Å². The van der Waals surface area contributed by atoms with Gasteiger partial charge in [0, 0.05) is 29.0 Å². The number of halogens is 1. The van der Waals surface area contributed by atoms with Crippen LogP contribution in [0.1, 0.15) is 45.1 Å². The van der Waals surface area contributed by atoms with E-state index in [2.05, 4.69) is 20.9 Å². The Kier molecular flexibility index (Phi) is 6.28. The molecule has 36 heavy (non-hydrogen) atoms. The molecule has 0 saturated carbocycles. The van der Waals surface area contributed by atoms with Gasteiger partial charge in [0.15, 0.2) is 5.11 Å². The number of nitrogens with one attached hydrogen (secondary N) is 1. The number of ether oxygens (including phenoxy) is 1. The second-order valence-corrected chi connectivity index (χ2v) is 9.06. The molecule has 8 heteroatoms. The zero-order valence-corrected chi connectivity index (χ0v) is 20.9. The van der Waals surface area contributed by atoms with Crippen molar-refractivity contribution < 1.29 is 13.9 Å². The summed E-state index contributed by atoms with van der Waals surface area (Å²) >= 11 is 5.78. The molecule has 1 N–H and O–H groups in total. The van der Waals surface area contributed by atoms with Crippen LogP contribution in [0.3, 0.4) is 0 Å². The van der Waals surface area contributed by atoms with E-state index in [1.165, 1.54) is 19.2 Å². The van der Waals surface area contributed by atoms with E-state index < -0.39 is 0 Å². The highest BCUT2D eigenvalue weighted by atomic mass is 32.1. The summed E-state index contributed by atoms with van der Waals surface area (Å²) in [5.74, 6) is -0.694. The third-order valence-electron chi connectivity index (χ3n) is 6.52. The fourth-order valence-corrected chi connectivity index (χ4v) is 5.27. The molecule has 0 aliphatic carbocycles. The zero-order valence-electron chi connectivity index (χ0n) is 20.1. The number of carbonyl (C=O) groups is 1. The first-order valence-electron chi connectivity index (χ1n) is 11.5. The zero-order chi connectivity index (χ0) is 25.4. The van der Waals surface area contributed by atoms with Crippen molar-refractivity contribution in [3.63, 3.8) is 0 Å². The summed E-state index contributed by atoms with van der Waals surface area (Å²) in [6.45, 7) is 4.08. The molecule has 182 valence electrons. The summed E-state index contributed by atoms with van der Waals surface area (Å²) in [6, 6.07) is 21.2. The van der Waals surface area contributed by atoms with Crippen LogP contribution in [0, 0.1) is 19.7 Å². The minimum Gasteiger partial charge on any atom is -0.465 e.